The highest BCUT2D eigenvalue weighted by molar-refractivity contribution is 5.93. The number of likely N-dealkylation sites (N-methyl/N-ethyl adjacent to an activating group) is 1. The molecule has 0 saturated heterocycles. The third-order valence-electron chi connectivity index (χ3n) is 5.55. The fraction of sp³-hybridized carbons (Fsp3) is 0.423. The van der Waals surface area contributed by atoms with Gasteiger partial charge in [0.2, 0.25) is 5.91 Å². The van der Waals surface area contributed by atoms with Gasteiger partial charge >= 0.3 is 11.7 Å². The van der Waals surface area contributed by atoms with E-state index in [1.54, 1.807) is 76.1 Å². The van der Waals surface area contributed by atoms with Crippen LogP contribution < -0.4 is 15.8 Å². The van der Waals surface area contributed by atoms with Gasteiger partial charge in [0.05, 0.1) is 10.9 Å². The summed E-state index contributed by atoms with van der Waals surface area (Å²) in [7, 11) is 3.48. The zero-order valence-electron chi connectivity index (χ0n) is 21.6. The first kappa shape index (κ1) is 26.7. The van der Waals surface area contributed by atoms with Crippen molar-refractivity contribution in [1.29, 1.82) is 0 Å². The van der Waals surface area contributed by atoms with Crippen molar-refractivity contribution in [1.82, 2.24) is 14.9 Å². The number of pyridine rings is 1. The number of amides is 2. The molecule has 36 heavy (non-hydrogen) atoms. The molecule has 2 heterocycles. The minimum absolute atomic E-state index is 0.0254. The van der Waals surface area contributed by atoms with Crippen LogP contribution in [0.15, 0.2) is 45.9 Å². The van der Waals surface area contributed by atoms with E-state index >= 15 is 0 Å². The summed E-state index contributed by atoms with van der Waals surface area (Å²) in [5.74, 6) is -0.0254. The van der Waals surface area contributed by atoms with Crippen LogP contribution in [0.1, 0.15) is 38.3 Å². The molecule has 192 valence electrons. The molecule has 0 fully saturated rings. The second-order valence-electron chi connectivity index (χ2n) is 9.64. The Morgan fingerprint density at radius 1 is 1.14 bits per heavy atom. The topological polar surface area (TPSA) is 118 Å². The summed E-state index contributed by atoms with van der Waals surface area (Å²) in [5.41, 5.74) is 1.24. The maximum absolute atomic E-state index is 12.8. The van der Waals surface area contributed by atoms with Crippen LogP contribution in [0.3, 0.4) is 0 Å². The van der Waals surface area contributed by atoms with Gasteiger partial charge in [-0.25, -0.2) is 9.59 Å². The van der Waals surface area contributed by atoms with Gasteiger partial charge in [-0.1, -0.05) is 6.07 Å². The zero-order valence-corrected chi connectivity index (χ0v) is 21.6. The number of aryl methyl sites for hydroxylation is 1. The Morgan fingerprint density at radius 3 is 2.56 bits per heavy atom. The lowest BCUT2D eigenvalue weighted by Crippen LogP contribution is -2.32. The first-order valence-electron chi connectivity index (χ1n) is 11.7. The second-order valence-corrected chi connectivity index (χ2v) is 9.64. The van der Waals surface area contributed by atoms with E-state index in [1.165, 1.54) is 0 Å². The Kier molecular flexibility index (Phi) is 8.29. The summed E-state index contributed by atoms with van der Waals surface area (Å²) in [6.45, 7) is 7.92. The number of fused-ring (bicyclic) bond motifs is 1. The Labute approximate surface area is 210 Å². The van der Waals surface area contributed by atoms with E-state index < -0.39 is 17.3 Å². The molecule has 0 aliphatic rings. The van der Waals surface area contributed by atoms with E-state index in [-0.39, 0.29) is 23.7 Å². The van der Waals surface area contributed by atoms with E-state index in [4.69, 9.17) is 9.15 Å². The normalized spacial score (nSPS) is 11.3. The Hall–Kier alpha value is -3.95. The summed E-state index contributed by atoms with van der Waals surface area (Å²) in [6, 6.07) is 7.27. The molecule has 0 saturated carbocycles. The van der Waals surface area contributed by atoms with Crippen molar-refractivity contribution in [2.45, 2.75) is 46.1 Å². The van der Waals surface area contributed by atoms with Crippen molar-refractivity contribution in [2.24, 2.45) is 0 Å². The maximum Gasteiger partial charge on any atom is 0.412 e. The molecule has 2 amide bonds. The number of nitrogens with one attached hydrogen (secondary N) is 1. The molecule has 0 radical (unpaired) electrons. The van der Waals surface area contributed by atoms with Crippen LogP contribution in [0.25, 0.3) is 10.9 Å². The fourth-order valence-corrected chi connectivity index (χ4v) is 3.54. The van der Waals surface area contributed by atoms with Gasteiger partial charge in [-0.05, 0) is 63.4 Å². The Morgan fingerprint density at radius 2 is 1.89 bits per heavy atom. The minimum Gasteiger partial charge on any atom is -0.444 e. The third-order valence-corrected chi connectivity index (χ3v) is 5.55. The van der Waals surface area contributed by atoms with Crippen molar-refractivity contribution in [3.8, 4) is 0 Å². The average Bonchev–Trinajstić information content (AvgIpc) is 2.81. The van der Waals surface area contributed by atoms with Gasteiger partial charge in [-0.3, -0.25) is 15.1 Å². The van der Waals surface area contributed by atoms with Gasteiger partial charge in [0, 0.05) is 51.7 Å². The quantitative estimate of drug-likeness (QED) is 0.502. The van der Waals surface area contributed by atoms with E-state index in [9.17, 15) is 14.4 Å². The van der Waals surface area contributed by atoms with Crippen LogP contribution in [0.4, 0.5) is 16.5 Å². The molecule has 0 atom stereocenters. The third kappa shape index (κ3) is 7.03. The molecule has 3 rings (SSSR count). The molecular formula is C26H33N5O5. The number of ether oxygens (including phenoxy) is 1. The highest BCUT2D eigenvalue weighted by atomic mass is 16.6. The number of aromatic nitrogens is 2. The molecule has 1 N–H and O–H groups in total. The van der Waals surface area contributed by atoms with E-state index in [0.29, 0.717) is 29.9 Å². The molecule has 10 heteroatoms. The molecule has 0 unspecified atom stereocenters. The lowest BCUT2D eigenvalue weighted by atomic mass is 10.1. The van der Waals surface area contributed by atoms with Gasteiger partial charge in [0.25, 0.3) is 6.01 Å². The summed E-state index contributed by atoms with van der Waals surface area (Å²) in [5, 5.41) is 2.93. The number of carbonyl (C=O) groups is 2. The molecule has 1 aromatic carbocycles. The number of benzene rings is 1. The van der Waals surface area contributed by atoms with E-state index in [2.05, 4.69) is 15.3 Å². The largest absolute Gasteiger partial charge is 0.444 e. The van der Waals surface area contributed by atoms with Gasteiger partial charge in [0.15, 0.2) is 0 Å². The smallest absolute Gasteiger partial charge is 0.412 e. The maximum atomic E-state index is 12.8. The summed E-state index contributed by atoms with van der Waals surface area (Å²) in [4.78, 5) is 49.4. The molecule has 3 aromatic rings. The van der Waals surface area contributed by atoms with Crippen LogP contribution in [-0.4, -0.2) is 59.7 Å². The van der Waals surface area contributed by atoms with Crippen LogP contribution in [0.2, 0.25) is 0 Å². The van der Waals surface area contributed by atoms with Crippen molar-refractivity contribution in [3.63, 3.8) is 0 Å². The van der Waals surface area contributed by atoms with Crippen molar-refractivity contribution in [3.05, 3.63) is 58.2 Å². The monoisotopic (exact) mass is 495 g/mol. The molecule has 10 nitrogen and oxygen atoms in total. The number of carbonyl (C=O) groups excluding carboxylic acids is 2. The van der Waals surface area contributed by atoms with E-state index in [0.717, 1.165) is 12.0 Å². The summed E-state index contributed by atoms with van der Waals surface area (Å²) >= 11 is 0. The van der Waals surface area contributed by atoms with Crippen LogP contribution in [0.5, 0.6) is 0 Å². The molecule has 2 aromatic heterocycles. The number of nitrogens with zero attached hydrogens (tertiary/aromatic N) is 4. The van der Waals surface area contributed by atoms with E-state index in [1.807, 2.05) is 12.1 Å². The minimum atomic E-state index is -0.648. The predicted octanol–water partition coefficient (Wildman–Crippen LogP) is 3.77. The fourth-order valence-electron chi connectivity index (χ4n) is 3.54. The highest BCUT2D eigenvalue weighted by Gasteiger charge is 2.19. The second kappa shape index (κ2) is 11.2. The molecule has 0 bridgehead atoms. The lowest BCUT2D eigenvalue weighted by molar-refractivity contribution is -0.129. The van der Waals surface area contributed by atoms with Crippen LogP contribution in [0, 0.1) is 6.92 Å². The van der Waals surface area contributed by atoms with Crippen LogP contribution >= 0.6 is 0 Å². The molecule has 0 aliphatic carbocycles. The first-order chi connectivity index (χ1) is 16.9. The Balaban J connectivity index is 1.65. The molecular weight excluding hydrogens is 462 g/mol. The van der Waals surface area contributed by atoms with Crippen LogP contribution in [-0.2, 0) is 16.0 Å². The zero-order chi connectivity index (χ0) is 26.5. The van der Waals surface area contributed by atoms with Gasteiger partial charge in [0.1, 0.15) is 5.60 Å². The first-order valence-corrected chi connectivity index (χ1v) is 11.7. The average molecular weight is 496 g/mol. The lowest BCUT2D eigenvalue weighted by Gasteiger charge is -2.21. The summed E-state index contributed by atoms with van der Waals surface area (Å²) < 4.78 is 10.7. The molecule has 0 aliphatic heterocycles. The van der Waals surface area contributed by atoms with Crippen molar-refractivity contribution in [2.75, 3.05) is 37.4 Å². The van der Waals surface area contributed by atoms with Gasteiger partial charge in [-0.2, -0.15) is 4.98 Å². The van der Waals surface area contributed by atoms with Gasteiger partial charge in [-0.15, -0.1) is 0 Å². The predicted molar refractivity (Wildman–Crippen MR) is 138 cm³/mol. The number of rotatable bonds is 8. The molecule has 0 spiro atoms. The van der Waals surface area contributed by atoms with Crippen molar-refractivity contribution < 1.29 is 18.7 Å². The summed E-state index contributed by atoms with van der Waals surface area (Å²) in [6.07, 6.45) is 3.85. The standard InChI is InChI=1S/C26H33N5O5/c1-17-19(29-25(34)36-26(2,3)4)9-10-20-22(17)23(33)35-24(28-20)31(6)15-12-21(32)30(5)14-11-18-8-7-13-27-16-18/h7-10,13,16H,11-12,14-15H2,1-6H3,(H,29,34). The number of hydrogen-bond acceptors (Lipinski definition) is 8. The SMILES string of the molecule is Cc1c(NC(=O)OC(C)(C)C)ccc2nc(N(C)CCC(=O)N(C)CCc3cccnc3)oc(=O)c12. The number of hydrogen-bond donors (Lipinski definition) is 1. The Bertz CT molecular complexity index is 1280. The highest BCUT2D eigenvalue weighted by Crippen LogP contribution is 2.24. The number of anilines is 2. The van der Waals surface area contributed by atoms with Crippen molar-refractivity contribution >= 4 is 34.6 Å². The van der Waals surface area contributed by atoms with Gasteiger partial charge < -0.3 is 19.0 Å².